The summed E-state index contributed by atoms with van der Waals surface area (Å²) in [6, 6.07) is 11.3. The van der Waals surface area contributed by atoms with Crippen LogP contribution in [0.4, 0.5) is 16.3 Å². The van der Waals surface area contributed by atoms with Gasteiger partial charge in [0.25, 0.3) is 0 Å². The van der Waals surface area contributed by atoms with E-state index in [1.165, 1.54) is 0 Å². The Labute approximate surface area is 160 Å². The number of pyridine rings is 2. The summed E-state index contributed by atoms with van der Waals surface area (Å²) >= 11 is 5.82. The third-order valence-corrected chi connectivity index (χ3v) is 4.42. The van der Waals surface area contributed by atoms with Crippen molar-refractivity contribution in [2.24, 2.45) is 0 Å². The lowest BCUT2D eigenvalue weighted by atomic mass is 10.1. The second-order valence-electron chi connectivity index (χ2n) is 5.99. The standard InChI is InChI=1S/C19H17ClN4O3/c20-17-4-1-14(12-22-17)23-18-16-3-2-15(11-13(16)5-6-21-18)26-9-7-24-8-10-27-19(24)25/h1-6,11-12H,7-10H2,(H,21,23). The molecule has 1 aliphatic rings. The fraction of sp³-hybridized carbons (Fsp3) is 0.211. The van der Waals surface area contributed by atoms with Gasteiger partial charge in [-0.15, -0.1) is 0 Å². The Bertz CT molecular complexity index is 965. The van der Waals surface area contributed by atoms with Crippen molar-refractivity contribution >= 4 is 40.0 Å². The molecule has 4 rings (SSSR count). The zero-order chi connectivity index (χ0) is 18.6. The minimum absolute atomic E-state index is 0.282. The molecule has 0 radical (unpaired) electrons. The van der Waals surface area contributed by atoms with E-state index in [1.54, 1.807) is 23.4 Å². The van der Waals surface area contributed by atoms with Crippen molar-refractivity contribution in [1.29, 1.82) is 0 Å². The Morgan fingerprint density at radius 3 is 2.93 bits per heavy atom. The number of nitrogens with zero attached hydrogens (tertiary/aromatic N) is 3. The quantitative estimate of drug-likeness (QED) is 0.650. The van der Waals surface area contributed by atoms with E-state index in [4.69, 9.17) is 21.1 Å². The first kappa shape index (κ1) is 17.4. The topological polar surface area (TPSA) is 76.6 Å². The van der Waals surface area contributed by atoms with Gasteiger partial charge in [-0.2, -0.15) is 0 Å². The molecular weight excluding hydrogens is 368 g/mol. The van der Waals surface area contributed by atoms with Gasteiger partial charge in [0.2, 0.25) is 0 Å². The van der Waals surface area contributed by atoms with E-state index in [9.17, 15) is 4.79 Å². The van der Waals surface area contributed by atoms with Gasteiger partial charge in [-0.05, 0) is 41.8 Å². The highest BCUT2D eigenvalue weighted by Crippen LogP contribution is 2.27. The van der Waals surface area contributed by atoms with Crippen LogP contribution in [0.15, 0.2) is 48.8 Å². The minimum atomic E-state index is -0.282. The minimum Gasteiger partial charge on any atom is -0.492 e. The van der Waals surface area contributed by atoms with E-state index >= 15 is 0 Å². The third-order valence-electron chi connectivity index (χ3n) is 4.20. The molecule has 0 spiro atoms. The number of carbonyl (C=O) groups is 1. The first-order valence-corrected chi connectivity index (χ1v) is 8.89. The molecule has 0 bridgehead atoms. The van der Waals surface area contributed by atoms with Crippen LogP contribution in [0.2, 0.25) is 5.15 Å². The molecule has 0 unspecified atom stereocenters. The maximum Gasteiger partial charge on any atom is 0.410 e. The molecule has 0 aliphatic carbocycles. The maximum atomic E-state index is 11.4. The Hall–Kier alpha value is -3.06. The van der Waals surface area contributed by atoms with Crippen molar-refractivity contribution in [3.8, 4) is 5.75 Å². The van der Waals surface area contributed by atoms with Crippen molar-refractivity contribution in [2.75, 3.05) is 31.6 Å². The molecule has 0 atom stereocenters. The Kier molecular flexibility index (Phi) is 4.93. The van der Waals surface area contributed by atoms with Crippen LogP contribution in [0.1, 0.15) is 0 Å². The van der Waals surface area contributed by atoms with Crippen molar-refractivity contribution in [2.45, 2.75) is 0 Å². The van der Waals surface area contributed by atoms with Crippen LogP contribution in [-0.4, -0.2) is 47.3 Å². The lowest BCUT2D eigenvalue weighted by Crippen LogP contribution is -2.29. The van der Waals surface area contributed by atoms with E-state index in [-0.39, 0.29) is 6.09 Å². The molecule has 27 heavy (non-hydrogen) atoms. The molecule has 3 aromatic rings. The molecule has 1 saturated heterocycles. The largest absolute Gasteiger partial charge is 0.492 e. The monoisotopic (exact) mass is 384 g/mol. The van der Waals surface area contributed by atoms with Gasteiger partial charge in [-0.25, -0.2) is 14.8 Å². The average Bonchev–Trinajstić information content (AvgIpc) is 3.09. The molecule has 1 aliphatic heterocycles. The number of cyclic esters (lactones) is 1. The number of anilines is 2. The van der Waals surface area contributed by atoms with Gasteiger partial charge < -0.3 is 19.7 Å². The summed E-state index contributed by atoms with van der Waals surface area (Å²) in [5.74, 6) is 1.46. The number of aromatic nitrogens is 2. The Morgan fingerprint density at radius 1 is 1.22 bits per heavy atom. The highest BCUT2D eigenvalue weighted by molar-refractivity contribution is 6.29. The summed E-state index contributed by atoms with van der Waals surface area (Å²) in [5.41, 5.74) is 0.803. The highest BCUT2D eigenvalue weighted by Gasteiger charge is 2.21. The lowest BCUT2D eigenvalue weighted by Gasteiger charge is -2.14. The van der Waals surface area contributed by atoms with Crippen LogP contribution in [0.3, 0.4) is 0 Å². The van der Waals surface area contributed by atoms with E-state index in [0.717, 1.165) is 28.0 Å². The Balaban J connectivity index is 1.46. The van der Waals surface area contributed by atoms with Gasteiger partial charge >= 0.3 is 6.09 Å². The van der Waals surface area contributed by atoms with Gasteiger partial charge in [0.05, 0.1) is 25.0 Å². The van der Waals surface area contributed by atoms with Crippen LogP contribution >= 0.6 is 11.6 Å². The molecule has 8 heteroatoms. The first-order chi connectivity index (χ1) is 13.2. The summed E-state index contributed by atoms with van der Waals surface area (Å²) in [6.45, 7) is 1.97. The molecule has 1 amide bonds. The van der Waals surface area contributed by atoms with Crippen LogP contribution in [0.5, 0.6) is 5.75 Å². The number of ether oxygens (including phenoxy) is 2. The summed E-state index contributed by atoms with van der Waals surface area (Å²) in [6.07, 6.45) is 3.11. The van der Waals surface area contributed by atoms with E-state index < -0.39 is 0 Å². The Morgan fingerprint density at radius 2 is 2.15 bits per heavy atom. The fourth-order valence-electron chi connectivity index (χ4n) is 2.83. The molecule has 0 saturated carbocycles. The van der Waals surface area contributed by atoms with Gasteiger partial charge in [0.1, 0.15) is 29.9 Å². The van der Waals surface area contributed by atoms with Crippen molar-refractivity contribution in [3.05, 3.63) is 53.9 Å². The predicted molar refractivity (Wildman–Crippen MR) is 103 cm³/mol. The second kappa shape index (κ2) is 7.67. The van der Waals surface area contributed by atoms with Gasteiger partial charge in [0.15, 0.2) is 0 Å². The molecule has 3 heterocycles. The van der Waals surface area contributed by atoms with Gasteiger partial charge in [-0.1, -0.05) is 11.6 Å². The van der Waals surface area contributed by atoms with Crippen LogP contribution in [0.25, 0.3) is 10.8 Å². The number of rotatable bonds is 6. The number of carbonyl (C=O) groups excluding carboxylic acids is 1. The number of nitrogens with one attached hydrogen (secondary N) is 1. The molecular formula is C19H17ClN4O3. The van der Waals surface area contributed by atoms with Crippen molar-refractivity contribution in [1.82, 2.24) is 14.9 Å². The third kappa shape index (κ3) is 4.03. The average molecular weight is 385 g/mol. The molecule has 7 nitrogen and oxygen atoms in total. The zero-order valence-electron chi connectivity index (χ0n) is 14.4. The normalized spacial score (nSPS) is 13.7. The van der Waals surface area contributed by atoms with Gasteiger partial charge in [0, 0.05) is 11.6 Å². The number of amides is 1. The molecule has 1 N–H and O–H groups in total. The van der Waals surface area contributed by atoms with Crippen molar-refractivity contribution < 1.29 is 14.3 Å². The van der Waals surface area contributed by atoms with E-state index in [1.807, 2.05) is 30.3 Å². The smallest absolute Gasteiger partial charge is 0.410 e. The summed E-state index contributed by atoms with van der Waals surface area (Å²) in [4.78, 5) is 21.5. The van der Waals surface area contributed by atoms with Crippen molar-refractivity contribution in [3.63, 3.8) is 0 Å². The fourth-order valence-corrected chi connectivity index (χ4v) is 2.95. The summed E-state index contributed by atoms with van der Waals surface area (Å²) < 4.78 is 10.7. The predicted octanol–water partition coefficient (Wildman–Crippen LogP) is 3.86. The zero-order valence-corrected chi connectivity index (χ0v) is 15.1. The lowest BCUT2D eigenvalue weighted by molar-refractivity contribution is 0.153. The molecule has 1 aromatic carbocycles. The number of hydrogen-bond donors (Lipinski definition) is 1. The molecule has 2 aromatic heterocycles. The van der Waals surface area contributed by atoms with Crippen LogP contribution in [-0.2, 0) is 4.74 Å². The number of benzene rings is 1. The van der Waals surface area contributed by atoms with E-state index in [0.29, 0.717) is 31.5 Å². The highest BCUT2D eigenvalue weighted by atomic mass is 35.5. The summed E-state index contributed by atoms with van der Waals surface area (Å²) in [7, 11) is 0. The number of fused-ring (bicyclic) bond motifs is 1. The van der Waals surface area contributed by atoms with E-state index in [2.05, 4.69) is 15.3 Å². The SMILES string of the molecule is O=C1OCCN1CCOc1ccc2c(Nc3ccc(Cl)nc3)nccc2c1. The van der Waals surface area contributed by atoms with Crippen LogP contribution < -0.4 is 10.1 Å². The first-order valence-electron chi connectivity index (χ1n) is 8.51. The summed E-state index contributed by atoms with van der Waals surface area (Å²) in [5, 5.41) is 5.64. The van der Waals surface area contributed by atoms with Crippen LogP contribution in [0, 0.1) is 0 Å². The second-order valence-corrected chi connectivity index (χ2v) is 6.37. The molecule has 1 fully saturated rings. The number of halogens is 1. The maximum absolute atomic E-state index is 11.4. The number of hydrogen-bond acceptors (Lipinski definition) is 6. The van der Waals surface area contributed by atoms with Gasteiger partial charge in [-0.3, -0.25) is 0 Å². The molecule has 138 valence electrons.